The zero-order chi connectivity index (χ0) is 15.1. The molecule has 0 bridgehead atoms. The maximum Gasteiger partial charge on any atom is 0.327 e. The van der Waals surface area contributed by atoms with E-state index >= 15 is 0 Å². The fourth-order valence-corrected chi connectivity index (χ4v) is 2.06. The summed E-state index contributed by atoms with van der Waals surface area (Å²) >= 11 is 0. The smallest absolute Gasteiger partial charge is 0.327 e. The zero-order valence-electron chi connectivity index (χ0n) is 12.2. The van der Waals surface area contributed by atoms with Crippen molar-refractivity contribution in [2.45, 2.75) is 12.6 Å². The fraction of sp³-hybridized carbons (Fsp3) is 0.235. The van der Waals surface area contributed by atoms with Gasteiger partial charge in [0.1, 0.15) is 11.8 Å². The molecular weight excluding hydrogens is 266 g/mol. The van der Waals surface area contributed by atoms with Gasteiger partial charge in [-0.15, -0.1) is 0 Å². The van der Waals surface area contributed by atoms with Crippen molar-refractivity contribution in [1.29, 1.82) is 0 Å². The fourth-order valence-electron chi connectivity index (χ4n) is 2.06. The third-order valence-electron chi connectivity index (χ3n) is 3.24. The standard InChI is InChI=1S/C17H19NO3/c1-20-15-10-8-13(9-11-15)12-18-16(17(19)21-2)14-6-4-3-5-7-14/h3-11,16,18H,12H2,1-2H3/t16-/m0/s1. The van der Waals surface area contributed by atoms with Gasteiger partial charge in [-0.3, -0.25) is 5.32 Å². The van der Waals surface area contributed by atoms with E-state index in [-0.39, 0.29) is 5.97 Å². The molecule has 0 saturated heterocycles. The van der Waals surface area contributed by atoms with Crippen LogP contribution in [0.4, 0.5) is 0 Å². The number of ether oxygens (including phenoxy) is 2. The predicted molar refractivity (Wildman–Crippen MR) is 81.0 cm³/mol. The first-order valence-corrected chi connectivity index (χ1v) is 6.73. The van der Waals surface area contributed by atoms with E-state index in [1.807, 2.05) is 54.6 Å². The van der Waals surface area contributed by atoms with E-state index < -0.39 is 6.04 Å². The van der Waals surface area contributed by atoms with E-state index in [4.69, 9.17) is 9.47 Å². The third kappa shape index (κ3) is 4.07. The third-order valence-corrected chi connectivity index (χ3v) is 3.24. The first kappa shape index (κ1) is 15.1. The van der Waals surface area contributed by atoms with Crippen LogP contribution >= 0.6 is 0 Å². The van der Waals surface area contributed by atoms with Crippen molar-refractivity contribution in [2.24, 2.45) is 0 Å². The van der Waals surface area contributed by atoms with Crippen LogP contribution in [0.3, 0.4) is 0 Å². The Morgan fingerprint density at radius 2 is 1.71 bits per heavy atom. The van der Waals surface area contributed by atoms with Crippen molar-refractivity contribution in [2.75, 3.05) is 14.2 Å². The zero-order valence-corrected chi connectivity index (χ0v) is 12.2. The number of hydrogen-bond donors (Lipinski definition) is 1. The molecule has 1 atom stereocenters. The average molecular weight is 285 g/mol. The second kappa shape index (κ2) is 7.45. The highest BCUT2D eigenvalue weighted by molar-refractivity contribution is 5.77. The molecule has 0 fully saturated rings. The molecule has 0 saturated carbocycles. The summed E-state index contributed by atoms with van der Waals surface area (Å²) in [5.41, 5.74) is 1.96. The Kier molecular flexibility index (Phi) is 5.35. The highest BCUT2D eigenvalue weighted by atomic mass is 16.5. The van der Waals surface area contributed by atoms with Crippen molar-refractivity contribution >= 4 is 5.97 Å². The van der Waals surface area contributed by atoms with Gasteiger partial charge >= 0.3 is 5.97 Å². The Bertz CT molecular complexity index is 566. The lowest BCUT2D eigenvalue weighted by Gasteiger charge is -2.17. The predicted octanol–water partition coefficient (Wildman–Crippen LogP) is 2.70. The first-order valence-electron chi connectivity index (χ1n) is 6.73. The first-order chi connectivity index (χ1) is 10.2. The number of benzene rings is 2. The molecule has 0 unspecified atom stereocenters. The van der Waals surface area contributed by atoms with Gasteiger partial charge in [-0.25, -0.2) is 4.79 Å². The van der Waals surface area contributed by atoms with Gasteiger partial charge in [0, 0.05) is 6.54 Å². The Balaban J connectivity index is 2.07. The molecule has 4 nitrogen and oxygen atoms in total. The molecule has 0 aliphatic carbocycles. The van der Waals surface area contributed by atoms with E-state index in [0.29, 0.717) is 6.54 Å². The number of methoxy groups -OCH3 is 2. The maximum atomic E-state index is 11.9. The second-order valence-electron chi connectivity index (χ2n) is 4.60. The molecule has 2 aromatic rings. The van der Waals surface area contributed by atoms with E-state index in [0.717, 1.165) is 16.9 Å². The quantitative estimate of drug-likeness (QED) is 0.829. The Morgan fingerprint density at radius 3 is 2.29 bits per heavy atom. The molecular formula is C17H19NO3. The van der Waals surface area contributed by atoms with E-state index in [1.54, 1.807) is 7.11 Å². The summed E-state index contributed by atoms with van der Waals surface area (Å²) in [5.74, 6) is 0.515. The van der Waals surface area contributed by atoms with Crippen LogP contribution in [0, 0.1) is 0 Å². The van der Waals surface area contributed by atoms with Crippen LogP contribution in [0.1, 0.15) is 17.2 Å². The van der Waals surface area contributed by atoms with Gasteiger partial charge in [0.05, 0.1) is 14.2 Å². The summed E-state index contributed by atoms with van der Waals surface area (Å²) in [4.78, 5) is 11.9. The van der Waals surface area contributed by atoms with Gasteiger partial charge < -0.3 is 9.47 Å². The molecule has 0 heterocycles. The lowest BCUT2D eigenvalue weighted by atomic mass is 10.1. The second-order valence-corrected chi connectivity index (χ2v) is 4.60. The minimum Gasteiger partial charge on any atom is -0.497 e. The number of carbonyl (C=O) groups is 1. The summed E-state index contributed by atoms with van der Waals surface area (Å²) < 4.78 is 10.00. The van der Waals surface area contributed by atoms with Crippen LogP contribution in [-0.4, -0.2) is 20.2 Å². The van der Waals surface area contributed by atoms with Crippen LogP contribution in [0.2, 0.25) is 0 Å². The van der Waals surface area contributed by atoms with Crippen LogP contribution in [0.15, 0.2) is 54.6 Å². The number of hydrogen-bond acceptors (Lipinski definition) is 4. The number of rotatable bonds is 6. The monoisotopic (exact) mass is 285 g/mol. The van der Waals surface area contributed by atoms with Crippen molar-refractivity contribution in [3.63, 3.8) is 0 Å². The van der Waals surface area contributed by atoms with Crippen LogP contribution in [-0.2, 0) is 16.1 Å². The van der Waals surface area contributed by atoms with E-state index in [1.165, 1.54) is 7.11 Å². The minimum atomic E-state index is -0.474. The highest BCUT2D eigenvalue weighted by Gasteiger charge is 2.20. The van der Waals surface area contributed by atoms with Gasteiger partial charge in [0.15, 0.2) is 0 Å². The SMILES string of the molecule is COC(=O)[C@@H](NCc1ccc(OC)cc1)c1ccccc1. The van der Waals surface area contributed by atoms with Gasteiger partial charge in [-0.1, -0.05) is 42.5 Å². The molecule has 4 heteroatoms. The Morgan fingerprint density at radius 1 is 1.05 bits per heavy atom. The summed E-state index contributed by atoms with van der Waals surface area (Å²) in [6.45, 7) is 0.568. The molecule has 2 aromatic carbocycles. The molecule has 110 valence electrons. The van der Waals surface area contributed by atoms with Crippen LogP contribution in [0.25, 0.3) is 0 Å². The van der Waals surface area contributed by atoms with Crippen molar-refractivity contribution < 1.29 is 14.3 Å². The topological polar surface area (TPSA) is 47.6 Å². The number of nitrogens with one attached hydrogen (secondary N) is 1. The maximum absolute atomic E-state index is 11.9. The summed E-state index contributed by atoms with van der Waals surface area (Å²) in [6, 6.07) is 16.8. The molecule has 0 aliphatic rings. The molecule has 1 N–H and O–H groups in total. The molecule has 2 rings (SSSR count). The molecule has 0 aliphatic heterocycles. The lowest BCUT2D eigenvalue weighted by molar-refractivity contribution is -0.143. The summed E-state index contributed by atoms with van der Waals surface area (Å²) in [6.07, 6.45) is 0. The highest BCUT2D eigenvalue weighted by Crippen LogP contribution is 2.16. The van der Waals surface area contributed by atoms with Crippen LogP contribution in [0.5, 0.6) is 5.75 Å². The molecule has 21 heavy (non-hydrogen) atoms. The Hall–Kier alpha value is -2.33. The van der Waals surface area contributed by atoms with Gasteiger partial charge in [0.25, 0.3) is 0 Å². The summed E-state index contributed by atoms with van der Waals surface area (Å²) in [7, 11) is 3.03. The van der Waals surface area contributed by atoms with Crippen molar-refractivity contribution in [1.82, 2.24) is 5.32 Å². The van der Waals surface area contributed by atoms with Gasteiger partial charge in [-0.2, -0.15) is 0 Å². The van der Waals surface area contributed by atoms with Crippen molar-refractivity contribution in [3.05, 3.63) is 65.7 Å². The molecule has 0 aromatic heterocycles. The minimum absolute atomic E-state index is 0.297. The van der Waals surface area contributed by atoms with E-state index in [2.05, 4.69) is 5.32 Å². The van der Waals surface area contributed by atoms with Gasteiger partial charge in [0.2, 0.25) is 0 Å². The largest absolute Gasteiger partial charge is 0.497 e. The van der Waals surface area contributed by atoms with Crippen molar-refractivity contribution in [3.8, 4) is 5.75 Å². The lowest BCUT2D eigenvalue weighted by Crippen LogP contribution is -2.29. The molecule has 0 radical (unpaired) electrons. The number of carbonyl (C=O) groups excluding carboxylic acids is 1. The summed E-state index contributed by atoms with van der Waals surface area (Å²) in [5, 5.41) is 3.23. The van der Waals surface area contributed by atoms with Gasteiger partial charge in [-0.05, 0) is 23.3 Å². The van der Waals surface area contributed by atoms with E-state index in [9.17, 15) is 4.79 Å². The number of esters is 1. The molecule has 0 amide bonds. The Labute approximate surface area is 124 Å². The average Bonchev–Trinajstić information content (AvgIpc) is 2.56. The molecule has 0 spiro atoms. The normalized spacial score (nSPS) is 11.7. The van der Waals surface area contributed by atoms with Crippen LogP contribution < -0.4 is 10.1 Å².